The van der Waals surface area contributed by atoms with Crippen molar-refractivity contribution in [3.8, 4) is 5.75 Å². The average Bonchev–Trinajstić information content (AvgIpc) is 3.33. The minimum absolute atomic E-state index is 0.648. The van der Waals surface area contributed by atoms with Gasteiger partial charge in [0.25, 0.3) is 0 Å². The van der Waals surface area contributed by atoms with E-state index in [2.05, 4.69) is 15.1 Å². The fraction of sp³-hybridized carbons (Fsp3) is 0.562. The van der Waals surface area contributed by atoms with Gasteiger partial charge >= 0.3 is 0 Å². The predicted octanol–water partition coefficient (Wildman–Crippen LogP) is 1.72. The van der Waals surface area contributed by atoms with E-state index < -0.39 is 0 Å². The van der Waals surface area contributed by atoms with E-state index in [4.69, 9.17) is 17.0 Å². The van der Waals surface area contributed by atoms with Crippen molar-refractivity contribution in [3.63, 3.8) is 0 Å². The van der Waals surface area contributed by atoms with E-state index in [1.165, 1.54) is 12.8 Å². The topological polar surface area (TPSA) is 27.7 Å². The monoisotopic (exact) mass is 305 g/mol. The summed E-state index contributed by atoms with van der Waals surface area (Å²) in [4.78, 5) is 4.74. The van der Waals surface area contributed by atoms with Gasteiger partial charge in [0.15, 0.2) is 5.11 Å². The zero-order valence-corrected chi connectivity index (χ0v) is 13.1. The predicted molar refractivity (Wildman–Crippen MR) is 88.7 cm³/mol. The second kappa shape index (κ2) is 7.09. The largest absolute Gasteiger partial charge is 0.492 e. The van der Waals surface area contributed by atoms with Crippen molar-refractivity contribution in [2.24, 2.45) is 0 Å². The number of benzene rings is 1. The van der Waals surface area contributed by atoms with E-state index in [0.717, 1.165) is 50.2 Å². The van der Waals surface area contributed by atoms with E-state index >= 15 is 0 Å². The highest BCUT2D eigenvalue weighted by atomic mass is 32.1. The molecule has 0 amide bonds. The van der Waals surface area contributed by atoms with Gasteiger partial charge in [0, 0.05) is 38.8 Å². The number of piperazine rings is 1. The Morgan fingerprint density at radius 2 is 1.86 bits per heavy atom. The van der Waals surface area contributed by atoms with E-state index in [1.54, 1.807) is 0 Å². The molecule has 0 aromatic heterocycles. The third-order valence-corrected chi connectivity index (χ3v) is 4.36. The Balaban J connectivity index is 1.33. The maximum atomic E-state index is 5.75. The van der Waals surface area contributed by atoms with Crippen LogP contribution in [0.4, 0.5) is 0 Å². The van der Waals surface area contributed by atoms with Gasteiger partial charge in [-0.2, -0.15) is 0 Å². The molecule has 1 N–H and O–H groups in total. The molecule has 0 unspecified atom stereocenters. The van der Waals surface area contributed by atoms with Gasteiger partial charge in [-0.3, -0.25) is 4.90 Å². The maximum absolute atomic E-state index is 5.75. The Morgan fingerprint density at radius 1 is 1.14 bits per heavy atom. The number of rotatable bonds is 5. The number of nitrogens with zero attached hydrogens (tertiary/aromatic N) is 2. The SMILES string of the molecule is S=C(NC1CC1)N1CCN(CCOc2ccccc2)CC1. The van der Waals surface area contributed by atoms with Crippen LogP contribution in [-0.2, 0) is 0 Å². The summed E-state index contributed by atoms with van der Waals surface area (Å²) in [6, 6.07) is 10.7. The van der Waals surface area contributed by atoms with Crippen LogP contribution in [0.15, 0.2) is 30.3 Å². The van der Waals surface area contributed by atoms with Crippen LogP contribution >= 0.6 is 12.2 Å². The number of hydrogen-bond donors (Lipinski definition) is 1. The number of ether oxygens (including phenoxy) is 1. The lowest BCUT2D eigenvalue weighted by Gasteiger charge is -2.36. The standard InChI is InChI=1S/C16H23N3OS/c21-16(17-14-6-7-14)19-10-8-18(9-11-19)12-13-20-15-4-2-1-3-5-15/h1-5,14H,6-13H2,(H,17,21). The molecule has 1 saturated heterocycles. The summed E-state index contributed by atoms with van der Waals surface area (Å²) in [6.07, 6.45) is 2.55. The fourth-order valence-electron chi connectivity index (χ4n) is 2.48. The Hall–Kier alpha value is -1.33. The molecule has 2 aliphatic rings. The molecule has 1 aliphatic heterocycles. The molecule has 0 spiro atoms. The first-order valence-corrected chi connectivity index (χ1v) is 8.18. The maximum Gasteiger partial charge on any atom is 0.169 e. The molecule has 0 bridgehead atoms. The number of para-hydroxylation sites is 1. The first kappa shape index (κ1) is 14.6. The van der Waals surface area contributed by atoms with Crippen LogP contribution in [0, 0.1) is 0 Å². The lowest BCUT2D eigenvalue weighted by Crippen LogP contribution is -2.52. The molecule has 0 radical (unpaired) electrons. The van der Waals surface area contributed by atoms with Crippen LogP contribution in [-0.4, -0.2) is 60.3 Å². The lowest BCUT2D eigenvalue weighted by atomic mass is 10.3. The third-order valence-electron chi connectivity index (χ3n) is 3.98. The number of hydrogen-bond acceptors (Lipinski definition) is 3. The van der Waals surface area contributed by atoms with Crippen LogP contribution < -0.4 is 10.1 Å². The molecule has 1 heterocycles. The van der Waals surface area contributed by atoms with Crippen LogP contribution in [0.25, 0.3) is 0 Å². The van der Waals surface area contributed by atoms with Gasteiger partial charge < -0.3 is 15.0 Å². The summed E-state index contributed by atoms with van der Waals surface area (Å²) in [5.74, 6) is 0.950. The molecule has 1 saturated carbocycles. The molecule has 1 aliphatic carbocycles. The first-order valence-electron chi connectivity index (χ1n) is 7.77. The normalized spacial score (nSPS) is 19.3. The van der Waals surface area contributed by atoms with Crippen LogP contribution in [0.5, 0.6) is 5.75 Å². The summed E-state index contributed by atoms with van der Waals surface area (Å²) in [5, 5.41) is 4.36. The molecule has 4 nitrogen and oxygen atoms in total. The van der Waals surface area contributed by atoms with Crippen LogP contribution in [0.2, 0.25) is 0 Å². The van der Waals surface area contributed by atoms with Gasteiger partial charge in [-0.05, 0) is 37.2 Å². The smallest absolute Gasteiger partial charge is 0.169 e. The van der Waals surface area contributed by atoms with Crippen molar-refractivity contribution in [1.29, 1.82) is 0 Å². The van der Waals surface area contributed by atoms with E-state index in [0.29, 0.717) is 6.04 Å². The fourth-order valence-corrected chi connectivity index (χ4v) is 2.83. The summed E-state index contributed by atoms with van der Waals surface area (Å²) >= 11 is 5.45. The first-order chi connectivity index (χ1) is 10.3. The van der Waals surface area contributed by atoms with Gasteiger partial charge in [0.1, 0.15) is 12.4 Å². The van der Waals surface area contributed by atoms with Crippen LogP contribution in [0.3, 0.4) is 0 Å². The second-order valence-electron chi connectivity index (χ2n) is 5.71. The molecule has 1 aromatic carbocycles. The Kier molecular flexibility index (Phi) is 4.93. The minimum atomic E-state index is 0.648. The lowest BCUT2D eigenvalue weighted by molar-refractivity contribution is 0.153. The van der Waals surface area contributed by atoms with E-state index in [-0.39, 0.29) is 0 Å². The zero-order valence-electron chi connectivity index (χ0n) is 12.3. The van der Waals surface area contributed by atoms with Crippen molar-refractivity contribution >= 4 is 17.3 Å². The Bertz CT molecular complexity index is 456. The molecule has 114 valence electrons. The van der Waals surface area contributed by atoms with Crippen molar-refractivity contribution in [1.82, 2.24) is 15.1 Å². The Morgan fingerprint density at radius 3 is 2.52 bits per heavy atom. The van der Waals surface area contributed by atoms with Gasteiger partial charge in [0.2, 0.25) is 0 Å². The van der Waals surface area contributed by atoms with E-state index in [1.807, 2.05) is 30.3 Å². The highest BCUT2D eigenvalue weighted by Crippen LogP contribution is 2.19. The molecule has 3 rings (SSSR count). The average molecular weight is 305 g/mol. The molecule has 0 atom stereocenters. The summed E-state index contributed by atoms with van der Waals surface area (Å²) in [7, 11) is 0. The molecular weight excluding hydrogens is 282 g/mol. The zero-order chi connectivity index (χ0) is 14.5. The summed E-state index contributed by atoms with van der Waals surface area (Å²) in [6.45, 7) is 5.88. The second-order valence-corrected chi connectivity index (χ2v) is 6.10. The number of nitrogens with one attached hydrogen (secondary N) is 1. The molecule has 5 heteroatoms. The van der Waals surface area contributed by atoms with Crippen molar-refractivity contribution in [3.05, 3.63) is 30.3 Å². The molecule has 2 fully saturated rings. The third kappa shape index (κ3) is 4.58. The Labute approximate surface area is 132 Å². The van der Waals surface area contributed by atoms with Gasteiger partial charge in [-0.15, -0.1) is 0 Å². The highest BCUT2D eigenvalue weighted by molar-refractivity contribution is 7.80. The molecule has 21 heavy (non-hydrogen) atoms. The summed E-state index contributed by atoms with van der Waals surface area (Å²) in [5.41, 5.74) is 0. The van der Waals surface area contributed by atoms with Crippen molar-refractivity contribution < 1.29 is 4.74 Å². The quantitative estimate of drug-likeness (QED) is 0.836. The molecule has 1 aromatic rings. The van der Waals surface area contributed by atoms with Gasteiger partial charge in [-0.1, -0.05) is 18.2 Å². The summed E-state index contributed by atoms with van der Waals surface area (Å²) < 4.78 is 5.75. The molecular formula is C16H23N3OS. The van der Waals surface area contributed by atoms with E-state index in [9.17, 15) is 0 Å². The number of thiocarbonyl (C=S) groups is 1. The van der Waals surface area contributed by atoms with Gasteiger partial charge in [-0.25, -0.2) is 0 Å². The van der Waals surface area contributed by atoms with Crippen molar-refractivity contribution in [2.45, 2.75) is 18.9 Å². The van der Waals surface area contributed by atoms with Crippen molar-refractivity contribution in [2.75, 3.05) is 39.3 Å². The highest BCUT2D eigenvalue weighted by Gasteiger charge is 2.25. The minimum Gasteiger partial charge on any atom is -0.492 e. The van der Waals surface area contributed by atoms with Crippen LogP contribution in [0.1, 0.15) is 12.8 Å². The van der Waals surface area contributed by atoms with Gasteiger partial charge in [0.05, 0.1) is 0 Å².